The van der Waals surface area contributed by atoms with Gasteiger partial charge in [-0.1, -0.05) is 37.6 Å². The molecule has 3 N–H and O–H groups in total. The summed E-state index contributed by atoms with van der Waals surface area (Å²) in [5.74, 6) is 0.796. The van der Waals surface area contributed by atoms with Crippen LogP contribution in [0.25, 0.3) is 0 Å². The van der Waals surface area contributed by atoms with E-state index in [1.54, 1.807) is 0 Å². The summed E-state index contributed by atoms with van der Waals surface area (Å²) in [6.07, 6.45) is 2.88. The molecule has 0 radical (unpaired) electrons. The molecular weight excluding hydrogens is 472 g/mol. The average Bonchev–Trinajstić information content (AvgIpc) is 3.47. The van der Waals surface area contributed by atoms with Crippen molar-refractivity contribution in [3.63, 3.8) is 0 Å². The van der Waals surface area contributed by atoms with E-state index in [4.69, 9.17) is 9.47 Å². The number of carboxylic acid groups (broad SMARTS) is 1. The summed E-state index contributed by atoms with van der Waals surface area (Å²) in [5.41, 5.74) is 4.21. The quantitative estimate of drug-likeness (QED) is 0.297. The molecule has 0 aliphatic carbocycles. The Balaban J connectivity index is 1.49. The number of aromatic hydroxyl groups is 2. The van der Waals surface area contributed by atoms with Crippen molar-refractivity contribution >= 4 is 5.97 Å². The summed E-state index contributed by atoms with van der Waals surface area (Å²) in [4.78, 5) is 14.1. The van der Waals surface area contributed by atoms with Gasteiger partial charge in [0.2, 0.25) is 0 Å². The van der Waals surface area contributed by atoms with Gasteiger partial charge in [0, 0.05) is 31.1 Å². The molecule has 37 heavy (non-hydrogen) atoms. The number of rotatable bonds is 13. The Bertz CT molecular complexity index is 1200. The van der Waals surface area contributed by atoms with Crippen molar-refractivity contribution in [1.82, 2.24) is 9.47 Å². The van der Waals surface area contributed by atoms with Crippen LogP contribution in [0.4, 0.5) is 0 Å². The second-order valence-electron chi connectivity index (χ2n) is 9.55. The molecule has 1 aliphatic heterocycles. The third kappa shape index (κ3) is 6.57. The number of benzene rings is 2. The molecule has 0 fully saturated rings. The van der Waals surface area contributed by atoms with Crippen molar-refractivity contribution in [2.45, 2.75) is 58.7 Å². The summed E-state index contributed by atoms with van der Waals surface area (Å²) < 4.78 is 12.9. The van der Waals surface area contributed by atoms with Gasteiger partial charge < -0.3 is 24.8 Å². The number of aromatic nitrogens is 1. The van der Waals surface area contributed by atoms with E-state index in [-0.39, 0.29) is 24.2 Å². The fraction of sp³-hybridized carbons (Fsp3) is 0.414. The van der Waals surface area contributed by atoms with Crippen molar-refractivity contribution in [3.05, 3.63) is 70.8 Å². The third-order valence-corrected chi connectivity index (χ3v) is 6.84. The standard InChI is InChI=1S/C29H36N2O6/c1-3-4-12-30(24(18-29(34)35)22-6-8-26-23(17-22)11-14-36-26)19-21-5-7-25(20(2)16-21)37-15-13-31-27(32)9-10-28(31)33/h5-10,16-17,24,32-33H,3-4,11-15,18-19H2,1-2H3,(H,34,35). The van der Waals surface area contributed by atoms with Crippen LogP contribution in [0.15, 0.2) is 48.5 Å². The Hall–Kier alpha value is -3.65. The van der Waals surface area contributed by atoms with Gasteiger partial charge in [-0.15, -0.1) is 0 Å². The first-order valence-electron chi connectivity index (χ1n) is 12.9. The zero-order chi connectivity index (χ0) is 26.4. The Kier molecular flexibility index (Phi) is 8.61. The molecule has 1 aromatic heterocycles. The zero-order valence-corrected chi connectivity index (χ0v) is 21.5. The number of hydrogen-bond donors (Lipinski definition) is 3. The molecule has 0 spiro atoms. The largest absolute Gasteiger partial charge is 0.494 e. The van der Waals surface area contributed by atoms with E-state index in [9.17, 15) is 20.1 Å². The molecule has 0 saturated heterocycles. The van der Waals surface area contributed by atoms with E-state index in [1.165, 1.54) is 16.7 Å². The van der Waals surface area contributed by atoms with Gasteiger partial charge in [0.05, 0.1) is 19.6 Å². The van der Waals surface area contributed by atoms with Gasteiger partial charge in [0.1, 0.15) is 18.1 Å². The van der Waals surface area contributed by atoms with Crippen LogP contribution < -0.4 is 9.47 Å². The minimum absolute atomic E-state index is 0.00727. The number of nitrogens with zero attached hydrogens (tertiary/aromatic N) is 2. The zero-order valence-electron chi connectivity index (χ0n) is 21.5. The fourth-order valence-corrected chi connectivity index (χ4v) is 4.87. The van der Waals surface area contributed by atoms with E-state index >= 15 is 0 Å². The van der Waals surface area contributed by atoms with E-state index in [0.717, 1.165) is 59.6 Å². The second-order valence-corrected chi connectivity index (χ2v) is 9.55. The topological polar surface area (TPSA) is 104 Å². The maximum atomic E-state index is 11.9. The maximum Gasteiger partial charge on any atom is 0.305 e. The van der Waals surface area contributed by atoms with Gasteiger partial charge in [0.15, 0.2) is 11.8 Å². The van der Waals surface area contributed by atoms with Crippen LogP contribution in [-0.2, 0) is 24.3 Å². The molecule has 1 aliphatic rings. The molecule has 0 amide bonds. The van der Waals surface area contributed by atoms with Crippen LogP contribution in [0.5, 0.6) is 23.3 Å². The Morgan fingerprint density at radius 3 is 2.62 bits per heavy atom. The van der Waals surface area contributed by atoms with Crippen molar-refractivity contribution < 1.29 is 29.6 Å². The second kappa shape index (κ2) is 12.1. The molecule has 1 atom stereocenters. The number of aliphatic carboxylic acids is 1. The smallest absolute Gasteiger partial charge is 0.305 e. The molecule has 4 rings (SSSR count). The maximum absolute atomic E-state index is 11.9. The monoisotopic (exact) mass is 508 g/mol. The van der Waals surface area contributed by atoms with Gasteiger partial charge in [-0.3, -0.25) is 14.3 Å². The van der Waals surface area contributed by atoms with Crippen molar-refractivity contribution in [1.29, 1.82) is 0 Å². The van der Waals surface area contributed by atoms with Crippen molar-refractivity contribution in [2.75, 3.05) is 19.8 Å². The van der Waals surface area contributed by atoms with Crippen molar-refractivity contribution in [3.8, 4) is 23.3 Å². The normalized spacial score (nSPS) is 13.4. The molecule has 8 heteroatoms. The molecule has 0 saturated carbocycles. The summed E-state index contributed by atoms with van der Waals surface area (Å²) in [6, 6.07) is 14.7. The molecule has 2 heterocycles. The Morgan fingerprint density at radius 2 is 1.92 bits per heavy atom. The van der Waals surface area contributed by atoms with Crippen LogP contribution in [-0.4, -0.2) is 50.5 Å². The summed E-state index contributed by atoms with van der Waals surface area (Å²) >= 11 is 0. The molecular formula is C29H36N2O6. The molecule has 198 valence electrons. The highest BCUT2D eigenvalue weighted by Crippen LogP contribution is 2.33. The van der Waals surface area contributed by atoms with E-state index in [1.807, 2.05) is 31.2 Å². The SMILES string of the molecule is CCCCN(Cc1ccc(OCCn2c(O)ccc2O)c(C)c1)C(CC(=O)O)c1ccc2c(c1)CCO2. The average molecular weight is 509 g/mol. The van der Waals surface area contributed by atoms with Gasteiger partial charge in [-0.05, 0) is 54.3 Å². The predicted octanol–water partition coefficient (Wildman–Crippen LogP) is 5.04. The van der Waals surface area contributed by atoms with E-state index in [2.05, 4.69) is 24.0 Å². The Labute approximate surface area is 217 Å². The fourth-order valence-electron chi connectivity index (χ4n) is 4.87. The van der Waals surface area contributed by atoms with Crippen molar-refractivity contribution in [2.24, 2.45) is 0 Å². The number of carboxylic acids is 1. The van der Waals surface area contributed by atoms with Crippen LogP contribution in [0.2, 0.25) is 0 Å². The van der Waals surface area contributed by atoms with Gasteiger partial charge in [-0.2, -0.15) is 0 Å². The van der Waals surface area contributed by atoms with Crippen LogP contribution in [0.1, 0.15) is 54.5 Å². The van der Waals surface area contributed by atoms with Crippen LogP contribution >= 0.6 is 0 Å². The van der Waals surface area contributed by atoms with Gasteiger partial charge >= 0.3 is 5.97 Å². The van der Waals surface area contributed by atoms with Crippen LogP contribution in [0.3, 0.4) is 0 Å². The first-order chi connectivity index (χ1) is 17.9. The first-order valence-corrected chi connectivity index (χ1v) is 12.9. The molecule has 1 unspecified atom stereocenters. The van der Waals surface area contributed by atoms with E-state index < -0.39 is 5.97 Å². The highest BCUT2D eigenvalue weighted by Gasteiger charge is 2.25. The van der Waals surface area contributed by atoms with E-state index in [0.29, 0.717) is 26.3 Å². The lowest BCUT2D eigenvalue weighted by Gasteiger charge is -2.32. The van der Waals surface area contributed by atoms with Crippen LogP contribution in [0, 0.1) is 6.92 Å². The number of fused-ring (bicyclic) bond motifs is 1. The lowest BCUT2D eigenvalue weighted by Crippen LogP contribution is -2.31. The van der Waals surface area contributed by atoms with Gasteiger partial charge in [-0.25, -0.2) is 0 Å². The Morgan fingerprint density at radius 1 is 1.14 bits per heavy atom. The minimum Gasteiger partial charge on any atom is -0.494 e. The summed E-state index contributed by atoms with van der Waals surface area (Å²) in [5, 5.41) is 29.3. The summed E-state index contributed by atoms with van der Waals surface area (Å²) in [6.45, 7) is 6.82. The summed E-state index contributed by atoms with van der Waals surface area (Å²) in [7, 11) is 0. The number of unbranched alkanes of at least 4 members (excludes halogenated alkanes) is 1. The molecule has 8 nitrogen and oxygen atoms in total. The first kappa shape index (κ1) is 26.4. The van der Waals surface area contributed by atoms with Gasteiger partial charge in [0.25, 0.3) is 0 Å². The minimum atomic E-state index is -0.817. The highest BCUT2D eigenvalue weighted by molar-refractivity contribution is 5.68. The molecule has 0 bridgehead atoms. The number of hydrogen-bond acceptors (Lipinski definition) is 6. The third-order valence-electron chi connectivity index (χ3n) is 6.84. The highest BCUT2D eigenvalue weighted by atomic mass is 16.5. The number of aryl methyl sites for hydroxylation is 1. The molecule has 2 aromatic carbocycles. The lowest BCUT2D eigenvalue weighted by molar-refractivity contribution is -0.138. The predicted molar refractivity (Wildman–Crippen MR) is 140 cm³/mol. The molecule has 3 aromatic rings. The lowest BCUT2D eigenvalue weighted by atomic mass is 9.97. The number of ether oxygens (including phenoxy) is 2. The number of carbonyl (C=O) groups is 1.